The molecule has 1 amide bonds. The van der Waals surface area contributed by atoms with Crippen LogP contribution >= 0.6 is 0 Å². The molecule has 2 aromatic rings. The Kier molecular flexibility index (Phi) is 6.76. The molecule has 1 heterocycles. The molecule has 2 rings (SSSR count). The average Bonchev–Trinajstić information content (AvgIpc) is 2.60. The third-order valence-electron chi connectivity index (χ3n) is 3.36. The fourth-order valence-corrected chi connectivity index (χ4v) is 2.13. The number of carbonyl (C=O) groups is 2. The Morgan fingerprint density at radius 2 is 1.78 bits per heavy atom. The fourth-order valence-electron chi connectivity index (χ4n) is 2.13. The maximum atomic E-state index is 12.3. The smallest absolute Gasteiger partial charge is 0.407 e. The predicted molar refractivity (Wildman–Crippen MR) is 100 cm³/mol. The summed E-state index contributed by atoms with van der Waals surface area (Å²) in [6, 6.07) is 9.58. The average molecular weight is 372 g/mol. The zero-order valence-electron chi connectivity index (χ0n) is 15.7. The van der Waals surface area contributed by atoms with Gasteiger partial charge < -0.3 is 19.9 Å². The molecule has 0 aliphatic carbocycles. The van der Waals surface area contributed by atoms with Crippen LogP contribution < -0.4 is 10.1 Å². The van der Waals surface area contributed by atoms with Gasteiger partial charge in [0.2, 0.25) is 5.78 Å². The van der Waals surface area contributed by atoms with Gasteiger partial charge in [-0.3, -0.25) is 4.79 Å². The van der Waals surface area contributed by atoms with Gasteiger partial charge in [0.25, 0.3) is 0 Å². The Hall–Kier alpha value is -3.09. The molecule has 0 aliphatic rings. The van der Waals surface area contributed by atoms with E-state index in [2.05, 4.69) is 10.3 Å². The van der Waals surface area contributed by atoms with E-state index in [1.54, 1.807) is 24.3 Å². The molecule has 0 atom stereocenters. The molecule has 2 N–H and O–H groups in total. The van der Waals surface area contributed by atoms with Crippen LogP contribution in [0.2, 0.25) is 0 Å². The van der Waals surface area contributed by atoms with Crippen LogP contribution in [0.15, 0.2) is 42.6 Å². The van der Waals surface area contributed by atoms with Crippen molar-refractivity contribution in [3.05, 3.63) is 53.9 Å². The largest absolute Gasteiger partial charge is 0.506 e. The van der Waals surface area contributed by atoms with Crippen LogP contribution in [0.1, 0.15) is 43.2 Å². The summed E-state index contributed by atoms with van der Waals surface area (Å²) < 4.78 is 10.6. The first kappa shape index (κ1) is 20.2. The predicted octanol–water partition coefficient (Wildman–Crippen LogP) is 3.31. The van der Waals surface area contributed by atoms with Crippen molar-refractivity contribution in [3.63, 3.8) is 0 Å². The minimum Gasteiger partial charge on any atom is -0.506 e. The molecule has 1 aromatic heterocycles. The first-order valence-corrected chi connectivity index (χ1v) is 8.62. The van der Waals surface area contributed by atoms with Gasteiger partial charge in [0.15, 0.2) is 0 Å². The van der Waals surface area contributed by atoms with Gasteiger partial charge in [-0.25, -0.2) is 9.78 Å². The molecule has 0 radical (unpaired) electrons. The van der Waals surface area contributed by atoms with E-state index in [-0.39, 0.29) is 29.4 Å². The van der Waals surface area contributed by atoms with Gasteiger partial charge >= 0.3 is 6.09 Å². The normalized spacial score (nSPS) is 10.9. The van der Waals surface area contributed by atoms with Crippen molar-refractivity contribution in [1.82, 2.24) is 10.3 Å². The monoisotopic (exact) mass is 372 g/mol. The van der Waals surface area contributed by atoms with Crippen LogP contribution in [0.4, 0.5) is 4.79 Å². The zero-order chi connectivity index (χ0) is 19.9. The molecule has 27 heavy (non-hydrogen) atoms. The van der Waals surface area contributed by atoms with Crippen LogP contribution in [0.5, 0.6) is 11.5 Å². The van der Waals surface area contributed by atoms with E-state index in [0.29, 0.717) is 24.3 Å². The minimum atomic E-state index is -0.451. The van der Waals surface area contributed by atoms with Crippen LogP contribution in [-0.4, -0.2) is 40.7 Å². The summed E-state index contributed by atoms with van der Waals surface area (Å²) in [4.78, 5) is 27.7. The maximum absolute atomic E-state index is 12.3. The fraction of sp³-hybridized carbons (Fsp3) is 0.350. The number of benzene rings is 1. The van der Waals surface area contributed by atoms with Gasteiger partial charge in [0, 0.05) is 17.5 Å². The first-order chi connectivity index (χ1) is 12.7. The summed E-state index contributed by atoms with van der Waals surface area (Å²) in [5, 5.41) is 11.9. The summed E-state index contributed by atoms with van der Waals surface area (Å²) in [6.07, 6.45) is 1.33. The van der Waals surface area contributed by atoms with E-state index in [1.165, 1.54) is 18.3 Å². The first-order valence-electron chi connectivity index (χ1n) is 8.62. The molecular weight excluding hydrogens is 348 g/mol. The number of nitrogens with one attached hydrogen (secondary N) is 1. The number of ether oxygens (including phenoxy) is 2. The number of aromatic nitrogens is 1. The Balaban J connectivity index is 1.75. The molecular formula is C20H24N2O5. The van der Waals surface area contributed by atoms with E-state index >= 15 is 0 Å². The second-order valence-electron chi connectivity index (χ2n) is 6.97. The van der Waals surface area contributed by atoms with Gasteiger partial charge in [-0.2, -0.15) is 0 Å². The number of pyridine rings is 1. The lowest BCUT2D eigenvalue weighted by molar-refractivity contribution is 0.103. The number of amides is 1. The summed E-state index contributed by atoms with van der Waals surface area (Å²) in [5.41, 5.74) is 0.400. The second-order valence-corrected chi connectivity index (χ2v) is 6.97. The van der Waals surface area contributed by atoms with Crippen molar-refractivity contribution in [3.8, 4) is 11.5 Å². The van der Waals surface area contributed by atoms with Crippen LogP contribution in [-0.2, 0) is 4.74 Å². The standard InChI is InChI=1S/C20H24N2O5/c1-20(2,3)22-19(25)27-12-4-11-26-16-8-5-14(6-9-16)18(24)17-10-7-15(23)13-21-17/h5-10,13,23H,4,11-12H2,1-3H3,(H,22,25). The highest BCUT2D eigenvalue weighted by molar-refractivity contribution is 6.07. The third-order valence-corrected chi connectivity index (χ3v) is 3.36. The molecule has 0 saturated carbocycles. The summed E-state index contributed by atoms with van der Waals surface area (Å²) in [6.45, 7) is 6.27. The highest BCUT2D eigenvalue weighted by Gasteiger charge is 2.14. The topological polar surface area (TPSA) is 97.8 Å². The van der Waals surface area contributed by atoms with E-state index in [0.717, 1.165) is 0 Å². The molecule has 0 spiro atoms. The van der Waals surface area contributed by atoms with Gasteiger partial charge in [-0.05, 0) is 57.2 Å². The van der Waals surface area contributed by atoms with Crippen molar-refractivity contribution in [1.29, 1.82) is 0 Å². The SMILES string of the molecule is CC(C)(C)NC(=O)OCCCOc1ccc(C(=O)c2ccc(O)cn2)cc1. The number of ketones is 1. The molecule has 0 saturated heterocycles. The molecule has 0 fully saturated rings. The molecule has 0 aliphatic heterocycles. The third kappa shape index (κ3) is 6.97. The number of carbonyl (C=O) groups excluding carboxylic acids is 2. The zero-order valence-corrected chi connectivity index (χ0v) is 15.7. The maximum Gasteiger partial charge on any atom is 0.407 e. The molecule has 0 unspecified atom stereocenters. The minimum absolute atomic E-state index is 0.00941. The molecule has 7 heteroatoms. The number of hydrogen-bond donors (Lipinski definition) is 2. The number of aromatic hydroxyl groups is 1. The van der Waals surface area contributed by atoms with Crippen molar-refractivity contribution in [2.75, 3.05) is 13.2 Å². The van der Waals surface area contributed by atoms with Crippen molar-refractivity contribution < 1.29 is 24.2 Å². The van der Waals surface area contributed by atoms with Crippen molar-refractivity contribution in [2.45, 2.75) is 32.7 Å². The van der Waals surface area contributed by atoms with Gasteiger partial charge in [-0.1, -0.05) is 0 Å². The Morgan fingerprint density at radius 3 is 2.37 bits per heavy atom. The number of nitrogens with zero attached hydrogens (tertiary/aromatic N) is 1. The van der Waals surface area contributed by atoms with Crippen LogP contribution in [0, 0.1) is 0 Å². The second kappa shape index (κ2) is 9.02. The van der Waals surface area contributed by atoms with Crippen LogP contribution in [0.25, 0.3) is 0 Å². The summed E-state index contributed by atoms with van der Waals surface area (Å²) >= 11 is 0. The van der Waals surface area contributed by atoms with E-state index in [9.17, 15) is 14.7 Å². The van der Waals surface area contributed by atoms with Gasteiger partial charge in [-0.15, -0.1) is 0 Å². The molecule has 144 valence electrons. The lowest BCUT2D eigenvalue weighted by Crippen LogP contribution is -2.41. The van der Waals surface area contributed by atoms with Gasteiger partial charge in [0.05, 0.1) is 19.4 Å². The van der Waals surface area contributed by atoms with E-state index in [1.807, 2.05) is 20.8 Å². The molecule has 0 bridgehead atoms. The number of rotatable bonds is 7. The summed E-state index contributed by atoms with van der Waals surface area (Å²) in [5.74, 6) is 0.388. The highest BCUT2D eigenvalue weighted by Crippen LogP contribution is 2.16. The summed E-state index contributed by atoms with van der Waals surface area (Å²) in [7, 11) is 0. The van der Waals surface area contributed by atoms with E-state index < -0.39 is 6.09 Å². The van der Waals surface area contributed by atoms with Gasteiger partial charge in [0.1, 0.15) is 17.2 Å². The van der Waals surface area contributed by atoms with Crippen molar-refractivity contribution >= 4 is 11.9 Å². The molecule has 7 nitrogen and oxygen atoms in total. The van der Waals surface area contributed by atoms with E-state index in [4.69, 9.17) is 9.47 Å². The molecule has 1 aromatic carbocycles. The quantitative estimate of drug-likeness (QED) is 0.572. The Labute approximate surface area is 158 Å². The Morgan fingerprint density at radius 1 is 1.07 bits per heavy atom. The lowest BCUT2D eigenvalue weighted by Gasteiger charge is -2.19. The number of hydrogen-bond acceptors (Lipinski definition) is 6. The van der Waals surface area contributed by atoms with Crippen LogP contribution in [0.3, 0.4) is 0 Å². The van der Waals surface area contributed by atoms with Crippen molar-refractivity contribution in [2.24, 2.45) is 0 Å². The lowest BCUT2D eigenvalue weighted by atomic mass is 10.1. The number of alkyl carbamates (subject to hydrolysis) is 1. The Bertz CT molecular complexity index is 764. The highest BCUT2D eigenvalue weighted by atomic mass is 16.5.